The van der Waals surface area contributed by atoms with Crippen LogP contribution in [0.5, 0.6) is 0 Å². The molecule has 1 aromatic rings. The van der Waals surface area contributed by atoms with Gasteiger partial charge in [-0.25, -0.2) is 8.42 Å². The number of rotatable bonds is 8. The Balaban J connectivity index is 1.17. The molecule has 2 unspecified atom stereocenters. The molecule has 2 atom stereocenters. The predicted octanol–water partition coefficient (Wildman–Crippen LogP) is 4.85. The molecule has 4 saturated carbocycles. The largest absolute Gasteiger partial charge is 0.350 e. The molecule has 2 N–H and O–H groups in total. The molecule has 5 fully saturated rings. The van der Waals surface area contributed by atoms with Gasteiger partial charge in [0.15, 0.2) is 0 Å². The Morgan fingerprint density at radius 2 is 1.51 bits per heavy atom. The fourth-order valence-electron chi connectivity index (χ4n) is 8.44. The zero-order valence-electron chi connectivity index (χ0n) is 22.1. The van der Waals surface area contributed by atoms with E-state index in [1.54, 1.807) is 28.6 Å². The fourth-order valence-corrected chi connectivity index (χ4v) is 10.3. The van der Waals surface area contributed by atoms with Crippen molar-refractivity contribution in [3.05, 3.63) is 36.9 Å². The molecule has 0 aromatic heterocycles. The van der Waals surface area contributed by atoms with E-state index < -0.39 is 10.0 Å². The van der Waals surface area contributed by atoms with Crippen molar-refractivity contribution < 1.29 is 18.0 Å². The Morgan fingerprint density at radius 1 is 0.973 bits per heavy atom. The van der Waals surface area contributed by atoms with Crippen LogP contribution in [0.15, 0.2) is 41.8 Å². The maximum Gasteiger partial charge on any atom is 0.243 e. The first-order valence-electron chi connectivity index (χ1n) is 13.9. The minimum absolute atomic E-state index is 0.0113. The van der Waals surface area contributed by atoms with E-state index in [0.29, 0.717) is 30.4 Å². The molecule has 5 aliphatic rings. The van der Waals surface area contributed by atoms with Crippen molar-refractivity contribution in [3.8, 4) is 0 Å². The summed E-state index contributed by atoms with van der Waals surface area (Å²) in [6.07, 6.45) is 11.9. The highest BCUT2D eigenvalue weighted by Crippen LogP contribution is 2.61. The van der Waals surface area contributed by atoms with E-state index >= 15 is 0 Å². The maximum atomic E-state index is 13.5. The summed E-state index contributed by atoms with van der Waals surface area (Å²) in [5.41, 5.74) is 1.00. The molecule has 1 heterocycles. The summed E-state index contributed by atoms with van der Waals surface area (Å²) in [5, 5.41) is 5.88. The zero-order chi connectivity index (χ0) is 26.4. The molecular weight excluding hydrogens is 486 g/mol. The monoisotopic (exact) mass is 527 g/mol. The van der Waals surface area contributed by atoms with Crippen LogP contribution in [0.25, 0.3) is 0 Å². The minimum atomic E-state index is -3.71. The summed E-state index contributed by atoms with van der Waals surface area (Å²) in [7, 11) is -3.71. The highest BCUT2D eigenvalue weighted by atomic mass is 32.2. The summed E-state index contributed by atoms with van der Waals surface area (Å²) < 4.78 is 28.5. The molecule has 4 aliphatic carbocycles. The van der Waals surface area contributed by atoms with Crippen molar-refractivity contribution in [3.63, 3.8) is 0 Å². The second-order valence-corrected chi connectivity index (χ2v) is 14.2. The molecule has 1 saturated heterocycles. The van der Waals surface area contributed by atoms with E-state index in [1.165, 1.54) is 44.6 Å². The Morgan fingerprint density at radius 3 is 2.03 bits per heavy atom. The molecule has 202 valence electrons. The summed E-state index contributed by atoms with van der Waals surface area (Å²) in [6, 6.07) is 5.92. The third-order valence-electron chi connectivity index (χ3n) is 9.41. The third-order valence-corrected chi connectivity index (χ3v) is 11.6. The number of hydrogen-bond acceptors (Lipinski definition) is 4. The molecule has 1 aromatic carbocycles. The zero-order valence-corrected chi connectivity index (χ0v) is 22.9. The van der Waals surface area contributed by atoms with Gasteiger partial charge in [0, 0.05) is 30.2 Å². The van der Waals surface area contributed by atoms with E-state index in [9.17, 15) is 18.0 Å². The number of amides is 2. The Labute approximate surface area is 221 Å². The van der Waals surface area contributed by atoms with Gasteiger partial charge in [0.2, 0.25) is 21.8 Å². The summed E-state index contributed by atoms with van der Waals surface area (Å²) in [5.74, 6) is 2.41. The normalized spacial score (nSPS) is 35.2. The summed E-state index contributed by atoms with van der Waals surface area (Å²) in [4.78, 5) is 24.7. The quantitative estimate of drug-likeness (QED) is 0.472. The fraction of sp³-hybridized carbons (Fsp3) is 0.655. The number of nitrogens with zero attached hydrogens (tertiary/aromatic N) is 1. The number of anilines is 1. The van der Waals surface area contributed by atoms with Crippen molar-refractivity contribution in [2.45, 2.75) is 101 Å². The standard InChI is InChI=1S/C29H41N3O4S/c1-4-27(33)31-25-11-19(2)32(20(3)12-25)37(35,36)26-7-5-24(6-8-26)30-28(34)9-10-29-16-21-13-22(17-29)15-23(14-21)18-29/h4-8,19-23,25H,1,9-18H2,2-3H3,(H,30,34)(H,31,33). The molecule has 7 nitrogen and oxygen atoms in total. The highest BCUT2D eigenvalue weighted by molar-refractivity contribution is 7.89. The molecular formula is C29H41N3O4S. The van der Waals surface area contributed by atoms with Crippen molar-refractivity contribution in [2.24, 2.45) is 23.2 Å². The maximum absolute atomic E-state index is 13.5. The van der Waals surface area contributed by atoms with Crippen LogP contribution in [0.1, 0.15) is 78.1 Å². The average Bonchev–Trinajstić information content (AvgIpc) is 2.81. The second-order valence-electron chi connectivity index (χ2n) is 12.4. The van der Waals surface area contributed by atoms with Gasteiger partial charge in [0.1, 0.15) is 0 Å². The average molecular weight is 528 g/mol. The van der Waals surface area contributed by atoms with Crippen LogP contribution in [0, 0.1) is 23.2 Å². The molecule has 0 radical (unpaired) electrons. The number of benzene rings is 1. The summed E-state index contributed by atoms with van der Waals surface area (Å²) in [6.45, 7) is 7.23. The van der Waals surface area contributed by atoms with E-state index in [0.717, 1.165) is 24.2 Å². The first-order valence-corrected chi connectivity index (χ1v) is 15.4. The lowest BCUT2D eigenvalue weighted by Crippen LogP contribution is -2.54. The van der Waals surface area contributed by atoms with E-state index in [1.807, 2.05) is 13.8 Å². The first kappa shape index (κ1) is 26.4. The van der Waals surface area contributed by atoms with Crippen molar-refractivity contribution in [2.75, 3.05) is 5.32 Å². The predicted molar refractivity (Wildman–Crippen MR) is 144 cm³/mol. The van der Waals surface area contributed by atoms with Gasteiger partial charge >= 0.3 is 0 Å². The molecule has 37 heavy (non-hydrogen) atoms. The Hall–Kier alpha value is -2.19. The van der Waals surface area contributed by atoms with Crippen LogP contribution < -0.4 is 10.6 Å². The smallest absolute Gasteiger partial charge is 0.243 e. The van der Waals surface area contributed by atoms with Gasteiger partial charge in [-0.15, -0.1) is 0 Å². The van der Waals surface area contributed by atoms with Crippen LogP contribution in [0.4, 0.5) is 5.69 Å². The van der Waals surface area contributed by atoms with Gasteiger partial charge in [-0.1, -0.05) is 6.58 Å². The van der Waals surface area contributed by atoms with Gasteiger partial charge < -0.3 is 10.6 Å². The number of carbonyl (C=O) groups excluding carboxylic acids is 2. The topological polar surface area (TPSA) is 95.6 Å². The molecule has 2 amide bonds. The number of sulfonamides is 1. The van der Waals surface area contributed by atoms with Gasteiger partial charge in [-0.3, -0.25) is 9.59 Å². The first-order chi connectivity index (χ1) is 17.6. The van der Waals surface area contributed by atoms with Gasteiger partial charge in [0.25, 0.3) is 0 Å². The minimum Gasteiger partial charge on any atom is -0.350 e. The Bertz CT molecular complexity index is 1100. The van der Waals surface area contributed by atoms with Crippen LogP contribution in [-0.2, 0) is 19.6 Å². The van der Waals surface area contributed by atoms with Crippen molar-refractivity contribution in [1.29, 1.82) is 0 Å². The second kappa shape index (κ2) is 10.2. The van der Waals surface area contributed by atoms with Crippen molar-refractivity contribution >= 4 is 27.5 Å². The SMILES string of the molecule is C=CC(=O)NC1CC(C)N(S(=O)(=O)c2ccc(NC(=O)CCC34CC5CC(CC(C5)C3)C4)cc2)C(C)C1. The lowest BCUT2D eigenvalue weighted by molar-refractivity contribution is -0.119. The summed E-state index contributed by atoms with van der Waals surface area (Å²) >= 11 is 0. The number of hydrogen-bond donors (Lipinski definition) is 2. The van der Waals surface area contributed by atoms with E-state index in [-0.39, 0.29) is 34.8 Å². The van der Waals surface area contributed by atoms with E-state index in [4.69, 9.17) is 0 Å². The van der Waals surface area contributed by atoms with Crippen molar-refractivity contribution in [1.82, 2.24) is 9.62 Å². The molecule has 4 bridgehead atoms. The number of nitrogens with one attached hydrogen (secondary N) is 2. The van der Waals surface area contributed by atoms with Crippen LogP contribution in [0.2, 0.25) is 0 Å². The van der Waals surface area contributed by atoms with Gasteiger partial charge in [0.05, 0.1) is 4.90 Å². The van der Waals surface area contributed by atoms with Gasteiger partial charge in [-0.2, -0.15) is 4.31 Å². The highest BCUT2D eigenvalue weighted by Gasteiger charge is 2.50. The lowest BCUT2D eigenvalue weighted by Gasteiger charge is -2.57. The van der Waals surface area contributed by atoms with Crippen LogP contribution >= 0.6 is 0 Å². The molecule has 6 rings (SSSR count). The van der Waals surface area contributed by atoms with Gasteiger partial charge in [-0.05, 0) is 125 Å². The van der Waals surface area contributed by atoms with Crippen LogP contribution in [0.3, 0.4) is 0 Å². The number of carbonyl (C=O) groups is 2. The Kier molecular flexibility index (Phi) is 7.26. The van der Waals surface area contributed by atoms with Crippen LogP contribution in [-0.4, -0.2) is 42.7 Å². The third kappa shape index (κ3) is 5.51. The van der Waals surface area contributed by atoms with E-state index in [2.05, 4.69) is 17.2 Å². The molecule has 0 spiro atoms. The number of piperidine rings is 1. The molecule has 1 aliphatic heterocycles. The lowest BCUT2D eigenvalue weighted by atomic mass is 9.48. The molecule has 8 heteroatoms.